The van der Waals surface area contributed by atoms with Crippen LogP contribution in [0.4, 0.5) is 0 Å². The molecule has 0 N–H and O–H groups in total. The fourth-order valence-electron chi connectivity index (χ4n) is 0.816. The van der Waals surface area contributed by atoms with Gasteiger partial charge in [-0.1, -0.05) is 6.58 Å². The average molecular weight is 162 g/mol. The summed E-state index contributed by atoms with van der Waals surface area (Å²) >= 11 is 0. The highest BCUT2D eigenvalue weighted by molar-refractivity contribution is 5.74. The molecule has 0 radical (unpaired) electrons. The van der Waals surface area contributed by atoms with E-state index in [1.165, 1.54) is 0 Å². The third-order valence-electron chi connectivity index (χ3n) is 1.31. The molecule has 2 heteroatoms. The normalized spacial score (nSPS) is 9.08. The van der Waals surface area contributed by atoms with Crippen molar-refractivity contribution in [3.8, 4) is 5.75 Å². The first kappa shape index (κ1) is 8.53. The minimum Gasteiger partial charge on any atom is -0.463 e. The zero-order chi connectivity index (χ0) is 8.97. The lowest BCUT2D eigenvalue weighted by atomic mass is 10.2. The van der Waals surface area contributed by atoms with Crippen LogP contribution in [0.5, 0.6) is 5.75 Å². The fourth-order valence-corrected chi connectivity index (χ4v) is 0.816. The van der Waals surface area contributed by atoms with Crippen LogP contribution in [0.1, 0.15) is 17.3 Å². The zero-order valence-electron chi connectivity index (χ0n) is 6.91. The van der Waals surface area contributed by atoms with Crippen molar-refractivity contribution in [3.63, 3.8) is 0 Å². The highest BCUT2D eigenvalue weighted by atomic mass is 16.5. The molecule has 0 aliphatic heterocycles. The molecule has 0 fully saturated rings. The van der Waals surface area contributed by atoms with Crippen LogP contribution < -0.4 is 4.74 Å². The number of carbonyl (C=O) groups excluding carboxylic acids is 1. The molecule has 1 aromatic carbocycles. The van der Waals surface area contributed by atoms with Gasteiger partial charge in [-0.3, -0.25) is 4.79 Å². The Morgan fingerprint density at radius 3 is 2.42 bits per heavy atom. The molecule has 0 bridgehead atoms. The van der Waals surface area contributed by atoms with Gasteiger partial charge in [0.05, 0.1) is 5.76 Å². The van der Waals surface area contributed by atoms with E-state index in [9.17, 15) is 4.79 Å². The Hall–Kier alpha value is -1.57. The Labute approximate surface area is 71.5 Å². The van der Waals surface area contributed by atoms with Gasteiger partial charge in [0.15, 0.2) is 0 Å². The van der Waals surface area contributed by atoms with Crippen molar-refractivity contribution >= 4 is 6.29 Å². The summed E-state index contributed by atoms with van der Waals surface area (Å²) < 4.78 is 5.20. The summed E-state index contributed by atoms with van der Waals surface area (Å²) in [5, 5.41) is 0. The molecule has 0 heterocycles. The average Bonchev–Trinajstić information content (AvgIpc) is 2.05. The van der Waals surface area contributed by atoms with Gasteiger partial charge in [0.25, 0.3) is 0 Å². The summed E-state index contributed by atoms with van der Waals surface area (Å²) in [6, 6.07) is 6.87. The van der Waals surface area contributed by atoms with Crippen molar-refractivity contribution in [2.45, 2.75) is 6.92 Å². The Balaban J connectivity index is 2.77. The summed E-state index contributed by atoms with van der Waals surface area (Å²) in [5.74, 6) is 1.34. The molecule has 62 valence electrons. The van der Waals surface area contributed by atoms with E-state index in [0.717, 1.165) is 6.29 Å². The molecule has 0 amide bonds. The molecule has 0 spiro atoms. The van der Waals surface area contributed by atoms with E-state index >= 15 is 0 Å². The molecule has 0 saturated carbocycles. The van der Waals surface area contributed by atoms with Crippen LogP contribution in [-0.4, -0.2) is 6.29 Å². The topological polar surface area (TPSA) is 26.3 Å². The molecule has 12 heavy (non-hydrogen) atoms. The van der Waals surface area contributed by atoms with Gasteiger partial charge in [0.2, 0.25) is 0 Å². The van der Waals surface area contributed by atoms with Crippen molar-refractivity contribution in [3.05, 3.63) is 42.2 Å². The van der Waals surface area contributed by atoms with E-state index in [1.54, 1.807) is 31.2 Å². The van der Waals surface area contributed by atoms with Crippen molar-refractivity contribution in [2.24, 2.45) is 0 Å². The number of aldehydes is 1. The monoisotopic (exact) mass is 162 g/mol. The molecule has 1 rings (SSSR count). The first-order valence-corrected chi connectivity index (χ1v) is 3.61. The summed E-state index contributed by atoms with van der Waals surface area (Å²) in [6.45, 7) is 5.37. The third-order valence-corrected chi connectivity index (χ3v) is 1.31. The quantitative estimate of drug-likeness (QED) is 0.504. The molecular formula is C10H10O2. The van der Waals surface area contributed by atoms with Crippen molar-refractivity contribution in [1.82, 2.24) is 0 Å². The second kappa shape index (κ2) is 3.72. The van der Waals surface area contributed by atoms with Gasteiger partial charge < -0.3 is 4.74 Å². The van der Waals surface area contributed by atoms with Crippen LogP contribution >= 0.6 is 0 Å². The minimum atomic E-state index is 0.633. The van der Waals surface area contributed by atoms with Gasteiger partial charge >= 0.3 is 0 Å². The maximum Gasteiger partial charge on any atom is 0.150 e. The Morgan fingerprint density at radius 1 is 1.42 bits per heavy atom. The molecule has 0 saturated heterocycles. The number of hydrogen-bond donors (Lipinski definition) is 0. The number of hydrogen-bond acceptors (Lipinski definition) is 2. The van der Waals surface area contributed by atoms with Crippen LogP contribution in [0.15, 0.2) is 36.6 Å². The Bertz CT molecular complexity index is 285. The molecule has 1 aromatic rings. The number of allylic oxidation sites excluding steroid dienone is 1. The summed E-state index contributed by atoms with van der Waals surface area (Å²) in [4.78, 5) is 10.3. The van der Waals surface area contributed by atoms with E-state index in [4.69, 9.17) is 4.74 Å². The molecule has 0 unspecified atom stereocenters. The highest BCUT2D eigenvalue weighted by Crippen LogP contribution is 2.13. The summed E-state index contributed by atoms with van der Waals surface area (Å²) in [5.41, 5.74) is 0.643. The van der Waals surface area contributed by atoms with E-state index in [2.05, 4.69) is 6.58 Å². The number of carbonyl (C=O) groups is 1. The molecule has 0 aliphatic carbocycles. The molecular weight excluding hydrogens is 152 g/mol. The van der Waals surface area contributed by atoms with E-state index < -0.39 is 0 Å². The second-order valence-corrected chi connectivity index (χ2v) is 2.49. The largest absolute Gasteiger partial charge is 0.463 e. The van der Waals surface area contributed by atoms with E-state index in [-0.39, 0.29) is 0 Å². The van der Waals surface area contributed by atoms with Crippen LogP contribution in [-0.2, 0) is 0 Å². The SMILES string of the molecule is C=C(C)Oc1ccc(C=O)cc1. The van der Waals surface area contributed by atoms with Crippen LogP contribution in [0, 0.1) is 0 Å². The minimum absolute atomic E-state index is 0.633. The summed E-state index contributed by atoms with van der Waals surface area (Å²) in [6.07, 6.45) is 0.796. The van der Waals surface area contributed by atoms with Crippen LogP contribution in [0.25, 0.3) is 0 Å². The maximum absolute atomic E-state index is 10.3. The molecule has 0 aliphatic rings. The van der Waals surface area contributed by atoms with Gasteiger partial charge in [-0.25, -0.2) is 0 Å². The standard InChI is InChI=1S/C10H10O2/c1-8(2)12-10-5-3-9(7-11)4-6-10/h3-7H,1H2,2H3. The highest BCUT2D eigenvalue weighted by Gasteiger charge is 1.93. The predicted molar refractivity (Wildman–Crippen MR) is 47.3 cm³/mol. The Kier molecular flexibility index (Phi) is 2.64. The van der Waals surface area contributed by atoms with E-state index in [1.807, 2.05) is 0 Å². The van der Waals surface area contributed by atoms with Crippen molar-refractivity contribution in [2.75, 3.05) is 0 Å². The molecule has 2 nitrogen and oxygen atoms in total. The second-order valence-electron chi connectivity index (χ2n) is 2.49. The maximum atomic E-state index is 10.3. The van der Waals surface area contributed by atoms with Crippen molar-refractivity contribution in [1.29, 1.82) is 0 Å². The van der Waals surface area contributed by atoms with E-state index in [0.29, 0.717) is 17.1 Å². The zero-order valence-corrected chi connectivity index (χ0v) is 6.91. The first-order chi connectivity index (χ1) is 5.72. The van der Waals surface area contributed by atoms with Crippen molar-refractivity contribution < 1.29 is 9.53 Å². The lowest BCUT2D eigenvalue weighted by Gasteiger charge is -2.02. The van der Waals surface area contributed by atoms with Gasteiger partial charge in [-0.05, 0) is 31.2 Å². The fraction of sp³-hybridized carbons (Fsp3) is 0.100. The van der Waals surface area contributed by atoms with Gasteiger partial charge in [0.1, 0.15) is 12.0 Å². The van der Waals surface area contributed by atoms with Crippen LogP contribution in [0.2, 0.25) is 0 Å². The lowest BCUT2D eigenvalue weighted by molar-refractivity contribution is 0.112. The number of benzene rings is 1. The number of rotatable bonds is 3. The van der Waals surface area contributed by atoms with Crippen LogP contribution in [0.3, 0.4) is 0 Å². The Morgan fingerprint density at radius 2 is 2.00 bits per heavy atom. The smallest absolute Gasteiger partial charge is 0.150 e. The van der Waals surface area contributed by atoms with Gasteiger partial charge in [0, 0.05) is 5.56 Å². The first-order valence-electron chi connectivity index (χ1n) is 3.61. The third kappa shape index (κ3) is 2.23. The van der Waals surface area contributed by atoms with Gasteiger partial charge in [-0.15, -0.1) is 0 Å². The predicted octanol–water partition coefficient (Wildman–Crippen LogP) is 2.41. The lowest BCUT2D eigenvalue weighted by Crippen LogP contribution is -1.88. The summed E-state index contributed by atoms with van der Waals surface area (Å²) in [7, 11) is 0. The number of ether oxygens (including phenoxy) is 1. The molecule has 0 atom stereocenters. The van der Waals surface area contributed by atoms with Gasteiger partial charge in [-0.2, -0.15) is 0 Å². The molecule has 0 aromatic heterocycles.